The van der Waals surface area contributed by atoms with Crippen LogP contribution in [0, 0.1) is 0 Å². The first-order valence-electron chi connectivity index (χ1n) is 4.09. The molecule has 0 aromatic rings. The second-order valence-electron chi connectivity index (χ2n) is 2.99. The van der Waals surface area contributed by atoms with Crippen LogP contribution < -0.4 is 0 Å². The van der Waals surface area contributed by atoms with Crippen molar-refractivity contribution < 1.29 is 4.79 Å². The molecule has 0 aliphatic carbocycles. The van der Waals surface area contributed by atoms with Crippen molar-refractivity contribution in [3.63, 3.8) is 0 Å². The average molecular weight is 220 g/mol. The molecule has 1 aliphatic heterocycles. The van der Waals surface area contributed by atoms with Gasteiger partial charge in [-0.2, -0.15) is 0 Å². The maximum Gasteiger partial charge on any atom is 0.219 e. The molecule has 1 aliphatic rings. The highest BCUT2D eigenvalue weighted by Crippen LogP contribution is 2.20. The smallest absolute Gasteiger partial charge is 0.219 e. The van der Waals surface area contributed by atoms with E-state index in [2.05, 4.69) is 15.9 Å². The van der Waals surface area contributed by atoms with E-state index < -0.39 is 0 Å². The Morgan fingerprint density at radius 2 is 2.45 bits per heavy atom. The van der Waals surface area contributed by atoms with Gasteiger partial charge in [0.15, 0.2) is 0 Å². The van der Waals surface area contributed by atoms with Crippen LogP contribution >= 0.6 is 15.9 Å². The molecule has 1 unspecified atom stereocenters. The number of hydrogen-bond acceptors (Lipinski definition) is 1. The van der Waals surface area contributed by atoms with Crippen molar-refractivity contribution in [1.82, 2.24) is 4.90 Å². The van der Waals surface area contributed by atoms with E-state index in [1.165, 1.54) is 12.8 Å². The lowest BCUT2D eigenvalue weighted by Crippen LogP contribution is -2.33. The van der Waals surface area contributed by atoms with Crippen molar-refractivity contribution in [3.8, 4) is 0 Å². The van der Waals surface area contributed by atoms with Crippen LogP contribution in [0.2, 0.25) is 0 Å². The van der Waals surface area contributed by atoms with Crippen LogP contribution in [0.4, 0.5) is 0 Å². The molecule has 11 heavy (non-hydrogen) atoms. The summed E-state index contributed by atoms with van der Waals surface area (Å²) >= 11 is 3.40. The normalized spacial score (nSPS) is 24.2. The number of rotatable bonds is 2. The third-order valence-electron chi connectivity index (χ3n) is 2.22. The topological polar surface area (TPSA) is 20.3 Å². The van der Waals surface area contributed by atoms with Crippen molar-refractivity contribution in [2.24, 2.45) is 0 Å². The fraction of sp³-hybridized carbons (Fsp3) is 0.875. The fourth-order valence-electron chi connectivity index (χ4n) is 1.68. The summed E-state index contributed by atoms with van der Waals surface area (Å²) in [5.41, 5.74) is 0. The number of alkyl halides is 1. The molecule has 2 nitrogen and oxygen atoms in total. The fourth-order valence-corrected chi connectivity index (χ4v) is 2.20. The molecule has 0 saturated carbocycles. The van der Waals surface area contributed by atoms with Gasteiger partial charge in [0.1, 0.15) is 0 Å². The number of hydrogen-bond donors (Lipinski definition) is 0. The van der Waals surface area contributed by atoms with Gasteiger partial charge in [0.25, 0.3) is 0 Å². The number of carbonyl (C=O) groups excluding carboxylic acids is 1. The van der Waals surface area contributed by atoms with Gasteiger partial charge in [0, 0.05) is 24.8 Å². The van der Waals surface area contributed by atoms with Crippen molar-refractivity contribution in [2.45, 2.75) is 32.2 Å². The van der Waals surface area contributed by atoms with Gasteiger partial charge in [-0.25, -0.2) is 0 Å². The highest BCUT2D eigenvalue weighted by Gasteiger charge is 2.25. The highest BCUT2D eigenvalue weighted by molar-refractivity contribution is 9.09. The lowest BCUT2D eigenvalue weighted by molar-refractivity contribution is -0.129. The molecule has 0 aromatic carbocycles. The molecule has 3 heteroatoms. The third-order valence-corrected chi connectivity index (χ3v) is 2.68. The van der Waals surface area contributed by atoms with Gasteiger partial charge >= 0.3 is 0 Å². The zero-order valence-electron chi connectivity index (χ0n) is 6.85. The number of likely N-dealkylation sites (tertiary alicyclic amines) is 1. The Balaban J connectivity index is 2.44. The minimum absolute atomic E-state index is 0.230. The Morgan fingerprint density at radius 1 is 1.73 bits per heavy atom. The third kappa shape index (κ3) is 2.19. The molecule has 0 radical (unpaired) electrons. The Bertz CT molecular complexity index is 149. The van der Waals surface area contributed by atoms with Crippen LogP contribution in [0.15, 0.2) is 0 Å². The van der Waals surface area contributed by atoms with Gasteiger partial charge in [-0.15, -0.1) is 0 Å². The average Bonchev–Trinajstić information content (AvgIpc) is 2.36. The Morgan fingerprint density at radius 3 is 3.00 bits per heavy atom. The van der Waals surface area contributed by atoms with Gasteiger partial charge in [-0.3, -0.25) is 4.79 Å². The maximum absolute atomic E-state index is 11.0. The van der Waals surface area contributed by atoms with E-state index in [4.69, 9.17) is 0 Å². The van der Waals surface area contributed by atoms with Crippen LogP contribution in [-0.4, -0.2) is 28.7 Å². The van der Waals surface area contributed by atoms with Gasteiger partial charge in [0.05, 0.1) is 0 Å². The molecule has 64 valence electrons. The van der Waals surface area contributed by atoms with Gasteiger partial charge in [-0.05, 0) is 19.3 Å². The molecule has 0 N–H and O–H groups in total. The number of nitrogens with zero attached hydrogens (tertiary/aromatic N) is 1. The molecule has 1 saturated heterocycles. The predicted octanol–water partition coefficient (Wildman–Crippen LogP) is 1.78. The van der Waals surface area contributed by atoms with E-state index >= 15 is 0 Å². The standard InChI is InChI=1S/C8H14BrNO/c1-7(11)10-6-2-3-8(10)4-5-9/h8H,2-6H2,1H3. The largest absolute Gasteiger partial charge is 0.340 e. The van der Waals surface area contributed by atoms with Crippen LogP contribution in [0.3, 0.4) is 0 Å². The maximum atomic E-state index is 11.0. The monoisotopic (exact) mass is 219 g/mol. The molecule has 0 spiro atoms. The summed E-state index contributed by atoms with van der Waals surface area (Å²) in [6.07, 6.45) is 3.46. The Labute approximate surface area is 76.1 Å². The summed E-state index contributed by atoms with van der Waals surface area (Å²) in [5.74, 6) is 0.230. The van der Waals surface area contributed by atoms with E-state index in [1.807, 2.05) is 4.90 Å². The summed E-state index contributed by atoms with van der Waals surface area (Å²) in [7, 11) is 0. The highest BCUT2D eigenvalue weighted by atomic mass is 79.9. The summed E-state index contributed by atoms with van der Waals surface area (Å²) in [6, 6.07) is 0.506. The lowest BCUT2D eigenvalue weighted by Gasteiger charge is -2.22. The molecule has 0 bridgehead atoms. The molecular formula is C8H14BrNO. The van der Waals surface area contributed by atoms with Crippen molar-refractivity contribution in [3.05, 3.63) is 0 Å². The SMILES string of the molecule is CC(=O)N1CCCC1CCBr. The summed E-state index contributed by atoms with van der Waals surface area (Å²) < 4.78 is 0. The van der Waals surface area contributed by atoms with E-state index in [1.54, 1.807) is 6.92 Å². The second kappa shape index (κ2) is 4.10. The van der Waals surface area contributed by atoms with Crippen LogP contribution in [0.1, 0.15) is 26.2 Å². The molecule has 1 fully saturated rings. The van der Waals surface area contributed by atoms with E-state index in [0.29, 0.717) is 6.04 Å². The molecular weight excluding hydrogens is 206 g/mol. The van der Waals surface area contributed by atoms with Crippen LogP contribution in [0.25, 0.3) is 0 Å². The van der Waals surface area contributed by atoms with Crippen molar-refractivity contribution in [2.75, 3.05) is 11.9 Å². The number of halogens is 1. The minimum Gasteiger partial charge on any atom is -0.340 e. The first-order valence-corrected chi connectivity index (χ1v) is 5.21. The Hall–Kier alpha value is -0.0500. The molecule has 1 rings (SSSR count). The van der Waals surface area contributed by atoms with Gasteiger partial charge in [0.2, 0.25) is 5.91 Å². The quantitative estimate of drug-likeness (QED) is 0.649. The molecule has 1 amide bonds. The zero-order chi connectivity index (χ0) is 8.27. The predicted molar refractivity (Wildman–Crippen MR) is 48.8 cm³/mol. The van der Waals surface area contributed by atoms with E-state index in [0.717, 1.165) is 18.3 Å². The summed E-state index contributed by atoms with van der Waals surface area (Å²) in [6.45, 7) is 2.62. The minimum atomic E-state index is 0.230. The molecule has 1 atom stereocenters. The Kier molecular flexibility index (Phi) is 3.37. The summed E-state index contributed by atoms with van der Waals surface area (Å²) in [4.78, 5) is 13.0. The number of carbonyl (C=O) groups is 1. The lowest BCUT2D eigenvalue weighted by atomic mass is 10.2. The van der Waals surface area contributed by atoms with Crippen LogP contribution in [0.5, 0.6) is 0 Å². The van der Waals surface area contributed by atoms with Crippen LogP contribution in [-0.2, 0) is 4.79 Å². The first kappa shape index (κ1) is 9.04. The molecule has 1 heterocycles. The van der Waals surface area contributed by atoms with Gasteiger partial charge in [-0.1, -0.05) is 15.9 Å². The van der Waals surface area contributed by atoms with Gasteiger partial charge < -0.3 is 4.90 Å². The zero-order valence-corrected chi connectivity index (χ0v) is 8.43. The summed E-state index contributed by atoms with van der Waals surface area (Å²) in [5, 5.41) is 1.00. The second-order valence-corrected chi connectivity index (χ2v) is 3.78. The first-order chi connectivity index (χ1) is 5.25. The van der Waals surface area contributed by atoms with E-state index in [-0.39, 0.29) is 5.91 Å². The molecule has 0 aromatic heterocycles. The van der Waals surface area contributed by atoms with Crippen molar-refractivity contribution >= 4 is 21.8 Å². The number of amides is 1. The van der Waals surface area contributed by atoms with Crippen molar-refractivity contribution in [1.29, 1.82) is 0 Å². The van der Waals surface area contributed by atoms with E-state index in [9.17, 15) is 4.79 Å².